The molecule has 0 unspecified atom stereocenters. The van der Waals surface area contributed by atoms with E-state index >= 15 is 0 Å². The third-order valence-corrected chi connectivity index (χ3v) is 5.17. The van der Waals surface area contributed by atoms with Gasteiger partial charge in [-0.3, -0.25) is 9.78 Å². The van der Waals surface area contributed by atoms with E-state index in [9.17, 15) is 4.79 Å². The van der Waals surface area contributed by atoms with Crippen molar-refractivity contribution < 1.29 is 9.53 Å². The molecule has 2 aromatic heterocycles. The lowest BCUT2D eigenvalue weighted by molar-refractivity contribution is -0.0635. The lowest BCUT2D eigenvalue weighted by Gasteiger charge is -2.35. The van der Waals surface area contributed by atoms with Crippen LogP contribution in [-0.4, -0.2) is 33.0 Å². The molecule has 1 saturated heterocycles. The van der Waals surface area contributed by atoms with Gasteiger partial charge < -0.3 is 10.1 Å². The predicted octanol–water partition coefficient (Wildman–Crippen LogP) is 3.97. The lowest BCUT2D eigenvalue weighted by atomic mass is 9.94. The molecule has 1 N–H and O–H groups in total. The van der Waals surface area contributed by atoms with Crippen LogP contribution >= 0.6 is 0 Å². The van der Waals surface area contributed by atoms with Crippen LogP contribution in [0.2, 0.25) is 0 Å². The van der Waals surface area contributed by atoms with Gasteiger partial charge in [-0.2, -0.15) is 0 Å². The number of hydrogen-bond acceptors (Lipinski definition) is 5. The molecule has 6 nitrogen and oxygen atoms in total. The van der Waals surface area contributed by atoms with Gasteiger partial charge in [0.1, 0.15) is 5.69 Å². The Morgan fingerprint density at radius 1 is 1.03 bits per heavy atom. The zero-order chi connectivity index (χ0) is 20.1. The van der Waals surface area contributed by atoms with Crippen molar-refractivity contribution in [2.45, 2.75) is 44.4 Å². The number of amides is 1. The Morgan fingerprint density at radius 2 is 1.79 bits per heavy atom. The fourth-order valence-corrected chi connectivity index (χ4v) is 3.60. The topological polar surface area (TPSA) is 77.0 Å². The van der Waals surface area contributed by atoms with Crippen molar-refractivity contribution in [3.8, 4) is 11.5 Å². The van der Waals surface area contributed by atoms with Gasteiger partial charge in [-0.05, 0) is 43.5 Å². The van der Waals surface area contributed by atoms with Crippen molar-refractivity contribution >= 4 is 5.91 Å². The molecule has 0 saturated carbocycles. The van der Waals surface area contributed by atoms with Crippen molar-refractivity contribution in [3.05, 3.63) is 78.2 Å². The molecule has 1 amide bonds. The van der Waals surface area contributed by atoms with Gasteiger partial charge in [-0.1, -0.05) is 31.2 Å². The first-order chi connectivity index (χ1) is 14.2. The fourth-order valence-electron chi connectivity index (χ4n) is 3.60. The summed E-state index contributed by atoms with van der Waals surface area (Å²) in [6.45, 7) is 2.10. The molecule has 6 heteroatoms. The standard InChI is InChI=1S/C23H24N4O2/c1-2-19-12-18(27-23(28)16-8-4-3-5-9-16)13-21(29-19)17-14-25-22(26-15-17)20-10-6-7-11-24-20/h3-11,14-15,18-19,21H,2,12-13H2,1H3,(H,27,28)/t18-,19+,21+/m0/s1. The zero-order valence-electron chi connectivity index (χ0n) is 16.4. The van der Waals surface area contributed by atoms with E-state index in [1.54, 1.807) is 18.6 Å². The van der Waals surface area contributed by atoms with Gasteiger partial charge in [0.25, 0.3) is 5.91 Å². The summed E-state index contributed by atoms with van der Waals surface area (Å²) in [7, 11) is 0. The van der Waals surface area contributed by atoms with Crippen molar-refractivity contribution in [3.63, 3.8) is 0 Å². The van der Waals surface area contributed by atoms with Crippen LogP contribution in [0.1, 0.15) is 48.2 Å². The first kappa shape index (κ1) is 19.2. The summed E-state index contributed by atoms with van der Waals surface area (Å²) in [4.78, 5) is 25.8. The summed E-state index contributed by atoms with van der Waals surface area (Å²) >= 11 is 0. The molecule has 0 aliphatic carbocycles. The van der Waals surface area contributed by atoms with Gasteiger partial charge in [0, 0.05) is 35.8 Å². The number of hydrogen-bond donors (Lipinski definition) is 1. The molecular weight excluding hydrogens is 364 g/mol. The minimum Gasteiger partial charge on any atom is -0.370 e. The van der Waals surface area contributed by atoms with Crippen LogP contribution in [0, 0.1) is 0 Å². The van der Waals surface area contributed by atoms with Crippen molar-refractivity contribution in [2.24, 2.45) is 0 Å². The Kier molecular flexibility index (Phi) is 5.91. The molecule has 1 fully saturated rings. The molecule has 0 bridgehead atoms. The van der Waals surface area contributed by atoms with Crippen LogP contribution in [-0.2, 0) is 4.74 Å². The van der Waals surface area contributed by atoms with Crippen molar-refractivity contribution in [2.75, 3.05) is 0 Å². The Morgan fingerprint density at radius 3 is 2.48 bits per heavy atom. The van der Waals surface area contributed by atoms with E-state index in [0.29, 0.717) is 17.8 Å². The number of nitrogens with zero attached hydrogens (tertiary/aromatic N) is 3. The molecule has 0 spiro atoms. The number of carbonyl (C=O) groups is 1. The van der Waals surface area contributed by atoms with Crippen molar-refractivity contribution in [1.29, 1.82) is 0 Å². The highest BCUT2D eigenvalue weighted by molar-refractivity contribution is 5.94. The molecule has 0 radical (unpaired) electrons. The van der Waals surface area contributed by atoms with Gasteiger partial charge in [0.2, 0.25) is 0 Å². The second kappa shape index (κ2) is 8.92. The molecule has 3 heterocycles. The summed E-state index contributed by atoms with van der Waals surface area (Å²) < 4.78 is 6.24. The smallest absolute Gasteiger partial charge is 0.251 e. The highest BCUT2D eigenvalue weighted by Crippen LogP contribution is 2.32. The predicted molar refractivity (Wildman–Crippen MR) is 110 cm³/mol. The van der Waals surface area contributed by atoms with Crippen LogP contribution in [0.5, 0.6) is 0 Å². The van der Waals surface area contributed by atoms with Gasteiger partial charge in [0.05, 0.1) is 12.2 Å². The monoisotopic (exact) mass is 388 g/mol. The average Bonchev–Trinajstić information content (AvgIpc) is 2.80. The van der Waals surface area contributed by atoms with Gasteiger partial charge in [-0.15, -0.1) is 0 Å². The minimum absolute atomic E-state index is 0.0434. The Bertz CT molecular complexity index is 932. The number of pyridine rings is 1. The third-order valence-electron chi connectivity index (χ3n) is 5.17. The molecule has 1 aliphatic heterocycles. The van der Waals surface area contributed by atoms with E-state index in [1.165, 1.54) is 0 Å². The fraction of sp³-hybridized carbons (Fsp3) is 0.304. The maximum atomic E-state index is 12.6. The van der Waals surface area contributed by atoms with Crippen LogP contribution in [0.15, 0.2) is 67.1 Å². The first-order valence-electron chi connectivity index (χ1n) is 9.97. The van der Waals surface area contributed by atoms with Crippen LogP contribution in [0.3, 0.4) is 0 Å². The Labute approximate surface area is 170 Å². The lowest BCUT2D eigenvalue weighted by Crippen LogP contribution is -2.43. The van der Waals surface area contributed by atoms with E-state index < -0.39 is 0 Å². The number of benzene rings is 1. The SMILES string of the molecule is CC[C@@H]1C[C@H](NC(=O)c2ccccc2)C[C@H](c2cnc(-c3ccccn3)nc2)O1. The van der Waals surface area contributed by atoms with E-state index in [2.05, 4.69) is 27.2 Å². The van der Waals surface area contributed by atoms with E-state index in [0.717, 1.165) is 24.1 Å². The molecule has 1 aromatic carbocycles. The third kappa shape index (κ3) is 4.66. The Hall–Kier alpha value is -3.12. The quantitative estimate of drug-likeness (QED) is 0.716. The molecule has 3 atom stereocenters. The summed E-state index contributed by atoms with van der Waals surface area (Å²) in [6, 6.07) is 15.0. The second-order valence-electron chi connectivity index (χ2n) is 7.22. The number of nitrogens with one attached hydrogen (secondary N) is 1. The van der Waals surface area contributed by atoms with E-state index in [4.69, 9.17) is 4.74 Å². The number of aromatic nitrogens is 3. The van der Waals surface area contributed by atoms with Crippen LogP contribution in [0.4, 0.5) is 0 Å². The van der Waals surface area contributed by atoms with Gasteiger partial charge >= 0.3 is 0 Å². The number of rotatable bonds is 5. The maximum absolute atomic E-state index is 12.6. The number of carbonyl (C=O) groups excluding carboxylic acids is 1. The highest BCUT2D eigenvalue weighted by Gasteiger charge is 2.31. The van der Waals surface area contributed by atoms with Crippen LogP contribution in [0.25, 0.3) is 11.5 Å². The van der Waals surface area contributed by atoms with E-state index in [-0.39, 0.29) is 24.2 Å². The molecule has 1 aliphatic rings. The minimum atomic E-state index is -0.146. The molecule has 4 rings (SSSR count). The Balaban J connectivity index is 1.47. The second-order valence-corrected chi connectivity index (χ2v) is 7.22. The average molecular weight is 388 g/mol. The molecular formula is C23H24N4O2. The van der Waals surface area contributed by atoms with Gasteiger partial charge in [0.15, 0.2) is 5.82 Å². The molecule has 29 heavy (non-hydrogen) atoms. The summed E-state index contributed by atoms with van der Waals surface area (Å²) in [5, 5.41) is 3.17. The largest absolute Gasteiger partial charge is 0.370 e. The number of ether oxygens (including phenoxy) is 1. The maximum Gasteiger partial charge on any atom is 0.251 e. The summed E-state index contributed by atoms with van der Waals surface area (Å²) in [5.74, 6) is 0.541. The molecule has 3 aromatic rings. The highest BCUT2D eigenvalue weighted by atomic mass is 16.5. The normalized spacial score (nSPS) is 21.5. The van der Waals surface area contributed by atoms with Gasteiger partial charge in [-0.25, -0.2) is 9.97 Å². The summed E-state index contributed by atoms with van der Waals surface area (Å²) in [5.41, 5.74) is 2.33. The summed E-state index contributed by atoms with van der Waals surface area (Å²) in [6.07, 6.45) is 7.66. The zero-order valence-corrected chi connectivity index (χ0v) is 16.4. The first-order valence-corrected chi connectivity index (χ1v) is 9.97. The van der Waals surface area contributed by atoms with Crippen molar-refractivity contribution in [1.82, 2.24) is 20.3 Å². The molecule has 148 valence electrons. The van der Waals surface area contributed by atoms with Crippen LogP contribution < -0.4 is 5.32 Å². The van der Waals surface area contributed by atoms with E-state index in [1.807, 2.05) is 48.5 Å².